The summed E-state index contributed by atoms with van der Waals surface area (Å²) >= 11 is 0. The second-order valence-electron chi connectivity index (χ2n) is 14.7. The third kappa shape index (κ3) is 9.03. The first kappa shape index (κ1) is 39.9. The van der Waals surface area contributed by atoms with Crippen molar-refractivity contribution in [2.24, 2.45) is 0 Å². The van der Waals surface area contributed by atoms with Crippen molar-refractivity contribution < 1.29 is 35.9 Å². The lowest BCUT2D eigenvalue weighted by Gasteiger charge is -2.27. The Morgan fingerprint density at radius 3 is 2.27 bits per heavy atom. The number of fused-ring (bicyclic) bond motifs is 1. The average molecular weight is 801 g/mol. The van der Waals surface area contributed by atoms with Crippen LogP contribution >= 0.6 is 0 Å². The molecule has 0 bridgehead atoms. The lowest BCUT2D eigenvalue weighted by atomic mass is 9.86. The second-order valence-corrected chi connectivity index (χ2v) is 18.7. The molecule has 1 aliphatic rings. The Hall–Kier alpha value is -5.74. The van der Waals surface area contributed by atoms with E-state index in [1.807, 2.05) is 52.0 Å². The summed E-state index contributed by atoms with van der Waals surface area (Å²) in [4.78, 5) is 37.6. The molecule has 16 heteroatoms. The Morgan fingerprint density at radius 1 is 0.893 bits per heavy atom. The van der Waals surface area contributed by atoms with Gasteiger partial charge in [0, 0.05) is 42.0 Å². The number of methoxy groups -OCH3 is 2. The number of nitrogens with one attached hydrogen (secondary N) is 3. The van der Waals surface area contributed by atoms with Crippen LogP contribution < -0.4 is 24.8 Å². The summed E-state index contributed by atoms with van der Waals surface area (Å²) in [6, 6.07) is 19.6. The highest BCUT2D eigenvalue weighted by Crippen LogP contribution is 2.39. The van der Waals surface area contributed by atoms with Crippen LogP contribution in [0, 0.1) is 6.92 Å². The Balaban J connectivity index is 1.22. The number of hydrogen-bond acceptors (Lipinski definition) is 11. The van der Waals surface area contributed by atoms with Gasteiger partial charge in [0.25, 0.3) is 11.8 Å². The van der Waals surface area contributed by atoms with Crippen LogP contribution in [0.25, 0.3) is 22.0 Å². The van der Waals surface area contributed by atoms with Crippen molar-refractivity contribution >= 4 is 65.6 Å². The molecule has 1 saturated heterocycles. The van der Waals surface area contributed by atoms with Gasteiger partial charge in [-0.15, -0.1) is 0 Å². The summed E-state index contributed by atoms with van der Waals surface area (Å²) in [6.07, 6.45) is 2.74. The first-order chi connectivity index (χ1) is 26.3. The molecule has 1 fully saturated rings. The van der Waals surface area contributed by atoms with E-state index in [2.05, 4.69) is 25.3 Å². The van der Waals surface area contributed by atoms with Crippen LogP contribution in [0.4, 0.5) is 23.0 Å². The number of nitrogens with zero attached hydrogens (tertiary/aromatic N) is 3. The molecule has 6 rings (SSSR count). The summed E-state index contributed by atoms with van der Waals surface area (Å²) in [5.41, 5.74) is 5.55. The highest BCUT2D eigenvalue weighted by molar-refractivity contribution is 7.92. The van der Waals surface area contributed by atoms with Gasteiger partial charge in [-0.2, -0.15) is 0 Å². The fourth-order valence-corrected chi connectivity index (χ4v) is 8.09. The van der Waals surface area contributed by atoms with Crippen molar-refractivity contribution in [2.45, 2.75) is 33.1 Å². The van der Waals surface area contributed by atoms with Crippen molar-refractivity contribution in [1.29, 1.82) is 0 Å². The van der Waals surface area contributed by atoms with Gasteiger partial charge in [0.2, 0.25) is 16.0 Å². The van der Waals surface area contributed by atoms with Crippen LogP contribution in [0.5, 0.6) is 11.5 Å². The maximum absolute atomic E-state index is 13.7. The molecule has 0 atom stereocenters. The number of amides is 2. The molecule has 0 saturated carbocycles. The van der Waals surface area contributed by atoms with Crippen LogP contribution in [0.15, 0.2) is 72.9 Å². The average Bonchev–Trinajstić information content (AvgIpc) is 3.13. The van der Waals surface area contributed by atoms with Gasteiger partial charge in [-0.25, -0.2) is 26.8 Å². The monoisotopic (exact) mass is 800 g/mol. The number of sulfone groups is 1. The minimum Gasteiger partial charge on any atom is -0.496 e. The van der Waals surface area contributed by atoms with Gasteiger partial charge in [0.05, 0.1) is 54.4 Å². The normalized spacial score (nSPS) is 14.2. The van der Waals surface area contributed by atoms with Gasteiger partial charge in [-0.3, -0.25) is 14.3 Å². The zero-order valence-corrected chi connectivity index (χ0v) is 33.8. The van der Waals surface area contributed by atoms with Crippen molar-refractivity contribution in [1.82, 2.24) is 14.9 Å². The number of benzene rings is 4. The molecule has 3 N–H and O–H groups in total. The Kier molecular flexibility index (Phi) is 11.0. The van der Waals surface area contributed by atoms with Crippen LogP contribution in [0.1, 0.15) is 52.6 Å². The smallest absolute Gasteiger partial charge is 0.257 e. The molecule has 5 aromatic rings. The highest BCUT2D eigenvalue weighted by Gasteiger charge is 2.28. The molecule has 0 radical (unpaired) electrons. The molecular weight excluding hydrogens is 757 g/mol. The third-order valence-electron chi connectivity index (χ3n) is 9.41. The molecule has 0 unspecified atom stereocenters. The molecule has 0 aliphatic carbocycles. The summed E-state index contributed by atoms with van der Waals surface area (Å²) in [7, 11) is -3.90. The van der Waals surface area contributed by atoms with Crippen LogP contribution in [-0.4, -0.2) is 88.6 Å². The van der Waals surface area contributed by atoms with Crippen LogP contribution in [0.3, 0.4) is 0 Å². The summed E-state index contributed by atoms with van der Waals surface area (Å²) in [5, 5.41) is 6.86. The summed E-state index contributed by atoms with van der Waals surface area (Å²) < 4.78 is 61.6. The standard InChI is InChI=1S/C40H44N6O8S2/c1-24-8-9-26(37(47)43-33-20-28(40(2,3)4)21-34(36(33)54-6)45-55(7,49)50)19-31(24)25-10-13-32-27(18-25)23-41-39(44-32)42-29-11-12-30(35(22-29)53-5)38(48)46-14-16-56(51,52)17-15-46/h8-13,18-23,45H,14-17H2,1-7H3,(H,43,47)(H,41,42,44). The Labute approximate surface area is 326 Å². The number of aryl methyl sites for hydroxylation is 1. The molecular formula is C40H44N6O8S2. The van der Waals surface area contributed by atoms with E-state index in [4.69, 9.17) is 9.47 Å². The van der Waals surface area contributed by atoms with E-state index in [9.17, 15) is 26.4 Å². The van der Waals surface area contributed by atoms with E-state index in [0.29, 0.717) is 39.7 Å². The lowest BCUT2D eigenvalue weighted by molar-refractivity contribution is 0.0766. The number of ether oxygens (including phenoxy) is 2. The fourth-order valence-electron chi connectivity index (χ4n) is 6.34. The Bertz CT molecular complexity index is 2570. The topological polar surface area (TPSA) is 186 Å². The SMILES string of the molecule is COc1cc(Nc2ncc3cc(-c4cc(C(=O)Nc5cc(C(C)(C)C)cc(NS(C)(=O)=O)c5OC)ccc4C)ccc3n2)ccc1C(=O)N1CCS(=O)(=O)CC1. The highest BCUT2D eigenvalue weighted by atomic mass is 32.2. The van der Waals surface area contributed by atoms with E-state index in [0.717, 1.165) is 33.9 Å². The molecule has 1 aliphatic heterocycles. The molecule has 0 spiro atoms. The zero-order valence-electron chi connectivity index (χ0n) is 32.2. The van der Waals surface area contributed by atoms with Gasteiger partial charge in [0.1, 0.15) is 5.75 Å². The molecule has 294 valence electrons. The van der Waals surface area contributed by atoms with Crippen molar-refractivity contribution in [3.05, 3.63) is 95.2 Å². The lowest BCUT2D eigenvalue weighted by Crippen LogP contribution is -2.43. The molecule has 56 heavy (non-hydrogen) atoms. The predicted octanol–water partition coefficient (Wildman–Crippen LogP) is 6.16. The Morgan fingerprint density at radius 2 is 1.61 bits per heavy atom. The number of rotatable bonds is 10. The van der Waals surface area contributed by atoms with Gasteiger partial charge in [-0.1, -0.05) is 32.9 Å². The maximum atomic E-state index is 13.7. The second kappa shape index (κ2) is 15.4. The van der Waals surface area contributed by atoms with E-state index >= 15 is 0 Å². The largest absolute Gasteiger partial charge is 0.496 e. The summed E-state index contributed by atoms with van der Waals surface area (Å²) in [6.45, 7) is 8.18. The number of hydrogen-bond donors (Lipinski definition) is 3. The van der Waals surface area contributed by atoms with Crippen molar-refractivity contribution in [2.75, 3.05) is 60.4 Å². The molecule has 4 aromatic carbocycles. The van der Waals surface area contributed by atoms with Crippen molar-refractivity contribution in [3.63, 3.8) is 0 Å². The number of aromatic nitrogens is 2. The molecule has 14 nitrogen and oxygen atoms in total. The minimum absolute atomic E-state index is 0.0647. The molecule has 2 amide bonds. The van der Waals surface area contributed by atoms with Crippen LogP contribution in [-0.2, 0) is 25.3 Å². The summed E-state index contributed by atoms with van der Waals surface area (Å²) in [5.74, 6) is 0.00561. The van der Waals surface area contributed by atoms with E-state index in [1.165, 1.54) is 19.1 Å². The van der Waals surface area contributed by atoms with Gasteiger partial charge >= 0.3 is 0 Å². The van der Waals surface area contributed by atoms with E-state index in [-0.39, 0.29) is 47.4 Å². The fraction of sp³-hybridized carbons (Fsp3) is 0.300. The van der Waals surface area contributed by atoms with Gasteiger partial charge in [-0.05, 0) is 83.1 Å². The number of carbonyl (C=O) groups excluding carboxylic acids is 2. The van der Waals surface area contributed by atoms with Crippen molar-refractivity contribution in [3.8, 4) is 22.6 Å². The minimum atomic E-state index is -3.64. The van der Waals surface area contributed by atoms with E-state index in [1.54, 1.807) is 48.7 Å². The number of carbonyl (C=O) groups is 2. The predicted molar refractivity (Wildman–Crippen MR) is 219 cm³/mol. The quantitative estimate of drug-likeness (QED) is 0.147. The first-order valence-electron chi connectivity index (χ1n) is 17.7. The zero-order chi connectivity index (χ0) is 40.6. The van der Waals surface area contributed by atoms with Gasteiger partial charge in [0.15, 0.2) is 15.6 Å². The number of anilines is 4. The van der Waals surface area contributed by atoms with Crippen LogP contribution in [0.2, 0.25) is 0 Å². The third-order valence-corrected chi connectivity index (χ3v) is 11.6. The molecule has 1 aromatic heterocycles. The van der Waals surface area contributed by atoms with E-state index < -0.39 is 25.8 Å². The number of sulfonamides is 1. The van der Waals surface area contributed by atoms with Gasteiger partial charge < -0.3 is 25.0 Å². The first-order valence-corrected chi connectivity index (χ1v) is 21.4. The maximum Gasteiger partial charge on any atom is 0.257 e. The molecule has 2 heterocycles.